The molecule has 3 heteroatoms. The monoisotopic (exact) mass is 242 g/mol. The maximum absolute atomic E-state index is 12.2. The first-order valence-electron chi connectivity index (χ1n) is 6.71. The van der Waals surface area contributed by atoms with Crippen LogP contribution in [-0.2, 0) is 0 Å². The van der Waals surface area contributed by atoms with Crippen molar-refractivity contribution < 1.29 is 4.79 Å². The Bertz CT molecular complexity index is 552. The Hall–Kier alpha value is -1.77. The van der Waals surface area contributed by atoms with Crippen LogP contribution in [0.15, 0.2) is 36.5 Å². The van der Waals surface area contributed by atoms with Gasteiger partial charge >= 0.3 is 6.03 Å². The molecular formula is C15H18N2O. The van der Waals surface area contributed by atoms with E-state index in [-0.39, 0.29) is 6.03 Å². The number of carbonyl (C=O) groups excluding carboxylic acids is 1. The third kappa shape index (κ3) is 2.13. The molecule has 2 aromatic rings. The van der Waals surface area contributed by atoms with Gasteiger partial charge in [-0.3, -0.25) is 4.57 Å². The summed E-state index contributed by atoms with van der Waals surface area (Å²) in [5.74, 6) is 0. The summed E-state index contributed by atoms with van der Waals surface area (Å²) in [7, 11) is 0. The molecule has 1 saturated carbocycles. The van der Waals surface area contributed by atoms with Gasteiger partial charge in [-0.15, -0.1) is 0 Å². The van der Waals surface area contributed by atoms with Crippen LogP contribution in [0.4, 0.5) is 4.79 Å². The van der Waals surface area contributed by atoms with Crippen LogP contribution < -0.4 is 5.32 Å². The quantitative estimate of drug-likeness (QED) is 0.815. The molecule has 0 atom stereocenters. The number of carbonyl (C=O) groups is 1. The van der Waals surface area contributed by atoms with Crippen molar-refractivity contribution in [2.24, 2.45) is 0 Å². The number of hydrogen-bond acceptors (Lipinski definition) is 1. The highest BCUT2D eigenvalue weighted by Gasteiger charge is 2.17. The van der Waals surface area contributed by atoms with Gasteiger partial charge in [-0.1, -0.05) is 37.5 Å². The largest absolute Gasteiger partial charge is 0.335 e. The minimum absolute atomic E-state index is 0.00287. The molecule has 18 heavy (non-hydrogen) atoms. The molecule has 0 radical (unpaired) electrons. The molecule has 0 spiro atoms. The molecule has 0 aliphatic heterocycles. The number of nitrogens with one attached hydrogen (secondary N) is 1. The van der Waals surface area contributed by atoms with E-state index in [0.717, 1.165) is 23.7 Å². The summed E-state index contributed by atoms with van der Waals surface area (Å²) < 4.78 is 1.71. The van der Waals surface area contributed by atoms with Gasteiger partial charge in [0.25, 0.3) is 0 Å². The van der Waals surface area contributed by atoms with Crippen LogP contribution in [0, 0.1) is 0 Å². The van der Waals surface area contributed by atoms with Crippen LogP contribution in [0.1, 0.15) is 32.1 Å². The van der Waals surface area contributed by atoms with Crippen molar-refractivity contribution in [2.45, 2.75) is 38.1 Å². The van der Waals surface area contributed by atoms with Gasteiger partial charge in [0.15, 0.2) is 0 Å². The third-order valence-electron chi connectivity index (χ3n) is 3.75. The van der Waals surface area contributed by atoms with E-state index >= 15 is 0 Å². The first-order valence-corrected chi connectivity index (χ1v) is 6.71. The Labute approximate surface area is 107 Å². The first-order chi connectivity index (χ1) is 8.84. The van der Waals surface area contributed by atoms with Crippen molar-refractivity contribution in [3.63, 3.8) is 0 Å². The zero-order chi connectivity index (χ0) is 12.4. The number of aromatic nitrogens is 1. The molecule has 1 aliphatic carbocycles. The van der Waals surface area contributed by atoms with E-state index < -0.39 is 0 Å². The minimum Gasteiger partial charge on any atom is -0.335 e. The number of fused-ring (bicyclic) bond motifs is 1. The van der Waals surface area contributed by atoms with Gasteiger partial charge in [0.05, 0.1) is 5.52 Å². The predicted molar refractivity (Wildman–Crippen MR) is 72.7 cm³/mol. The highest BCUT2D eigenvalue weighted by molar-refractivity contribution is 5.91. The number of para-hydroxylation sites is 1. The van der Waals surface area contributed by atoms with Crippen molar-refractivity contribution in [3.05, 3.63) is 36.5 Å². The lowest BCUT2D eigenvalue weighted by atomic mass is 9.96. The van der Waals surface area contributed by atoms with Crippen molar-refractivity contribution in [1.29, 1.82) is 0 Å². The van der Waals surface area contributed by atoms with Crippen LogP contribution >= 0.6 is 0 Å². The SMILES string of the molecule is O=C(NC1CCCCC1)n1ccc2ccccc21. The molecule has 1 fully saturated rings. The molecule has 1 aliphatic rings. The molecule has 0 unspecified atom stereocenters. The number of rotatable bonds is 1. The smallest absolute Gasteiger partial charge is 0.326 e. The van der Waals surface area contributed by atoms with E-state index in [2.05, 4.69) is 5.32 Å². The summed E-state index contributed by atoms with van der Waals surface area (Å²) in [6.07, 6.45) is 7.85. The molecule has 94 valence electrons. The fraction of sp³-hybridized carbons (Fsp3) is 0.400. The Morgan fingerprint density at radius 3 is 2.72 bits per heavy atom. The second-order valence-corrected chi connectivity index (χ2v) is 5.03. The van der Waals surface area contributed by atoms with Crippen molar-refractivity contribution in [2.75, 3.05) is 0 Å². The number of benzene rings is 1. The molecule has 0 saturated heterocycles. The lowest BCUT2D eigenvalue weighted by Crippen LogP contribution is -2.38. The maximum atomic E-state index is 12.2. The maximum Gasteiger partial charge on any atom is 0.326 e. The van der Waals surface area contributed by atoms with Crippen molar-refractivity contribution >= 4 is 16.9 Å². The van der Waals surface area contributed by atoms with Crippen LogP contribution in [0.5, 0.6) is 0 Å². The lowest BCUT2D eigenvalue weighted by Gasteiger charge is -2.22. The summed E-state index contributed by atoms with van der Waals surface area (Å²) in [6.45, 7) is 0. The number of nitrogens with zero attached hydrogens (tertiary/aromatic N) is 1. The first kappa shape index (κ1) is 11.3. The average molecular weight is 242 g/mol. The van der Waals surface area contributed by atoms with Gasteiger partial charge < -0.3 is 5.32 Å². The summed E-state index contributed by atoms with van der Waals surface area (Å²) in [4.78, 5) is 12.2. The van der Waals surface area contributed by atoms with Gasteiger partial charge in [-0.25, -0.2) is 4.79 Å². The van der Waals surface area contributed by atoms with Crippen molar-refractivity contribution in [1.82, 2.24) is 9.88 Å². The molecule has 1 aromatic carbocycles. The molecule has 1 amide bonds. The minimum atomic E-state index is 0.00287. The van der Waals surface area contributed by atoms with E-state index in [0.29, 0.717) is 6.04 Å². The summed E-state index contributed by atoms with van der Waals surface area (Å²) in [5, 5.41) is 4.25. The standard InChI is InChI=1S/C15H18N2O/c18-15(16-13-7-2-1-3-8-13)17-11-10-12-6-4-5-9-14(12)17/h4-6,9-11,13H,1-3,7-8H2,(H,16,18). The molecule has 1 heterocycles. The number of amides is 1. The highest BCUT2D eigenvalue weighted by atomic mass is 16.2. The second kappa shape index (κ2) is 4.84. The summed E-state index contributed by atoms with van der Waals surface area (Å²) in [6, 6.07) is 10.3. The fourth-order valence-electron chi connectivity index (χ4n) is 2.75. The summed E-state index contributed by atoms with van der Waals surface area (Å²) in [5.41, 5.74) is 0.978. The molecule has 3 rings (SSSR count). The third-order valence-corrected chi connectivity index (χ3v) is 3.75. The van der Waals surface area contributed by atoms with E-state index in [4.69, 9.17) is 0 Å². The van der Waals surface area contributed by atoms with Crippen LogP contribution in [0.3, 0.4) is 0 Å². The topological polar surface area (TPSA) is 34.0 Å². The van der Waals surface area contributed by atoms with Crippen LogP contribution in [-0.4, -0.2) is 16.6 Å². The molecule has 1 aromatic heterocycles. The van der Waals surface area contributed by atoms with Gasteiger partial charge in [-0.05, 0) is 25.0 Å². The van der Waals surface area contributed by atoms with E-state index in [9.17, 15) is 4.79 Å². The average Bonchev–Trinajstić information content (AvgIpc) is 2.84. The van der Waals surface area contributed by atoms with Crippen molar-refractivity contribution in [3.8, 4) is 0 Å². The van der Waals surface area contributed by atoms with E-state index in [1.807, 2.05) is 36.5 Å². The number of hydrogen-bond donors (Lipinski definition) is 1. The Morgan fingerprint density at radius 1 is 1.11 bits per heavy atom. The Kier molecular flexibility index (Phi) is 3.05. The van der Waals surface area contributed by atoms with E-state index in [1.165, 1.54) is 19.3 Å². The molecular weight excluding hydrogens is 224 g/mol. The highest BCUT2D eigenvalue weighted by Crippen LogP contribution is 2.19. The van der Waals surface area contributed by atoms with Gasteiger partial charge in [0.1, 0.15) is 0 Å². The van der Waals surface area contributed by atoms with Gasteiger partial charge in [0, 0.05) is 17.6 Å². The zero-order valence-electron chi connectivity index (χ0n) is 10.4. The Morgan fingerprint density at radius 2 is 1.89 bits per heavy atom. The predicted octanol–water partition coefficient (Wildman–Crippen LogP) is 3.53. The van der Waals surface area contributed by atoms with Crippen LogP contribution in [0.2, 0.25) is 0 Å². The van der Waals surface area contributed by atoms with Gasteiger partial charge in [0.2, 0.25) is 0 Å². The molecule has 1 N–H and O–H groups in total. The zero-order valence-corrected chi connectivity index (χ0v) is 10.4. The lowest BCUT2D eigenvalue weighted by molar-refractivity contribution is 0.235. The normalized spacial score (nSPS) is 16.9. The summed E-state index contributed by atoms with van der Waals surface area (Å²) >= 11 is 0. The van der Waals surface area contributed by atoms with E-state index in [1.54, 1.807) is 4.57 Å². The van der Waals surface area contributed by atoms with Crippen LogP contribution in [0.25, 0.3) is 10.9 Å². The molecule has 3 nitrogen and oxygen atoms in total. The Balaban J connectivity index is 1.79. The fourth-order valence-corrected chi connectivity index (χ4v) is 2.75. The molecule has 0 bridgehead atoms. The van der Waals surface area contributed by atoms with Gasteiger partial charge in [-0.2, -0.15) is 0 Å². The second-order valence-electron chi connectivity index (χ2n) is 5.03.